The van der Waals surface area contributed by atoms with Crippen LogP contribution in [-0.4, -0.2) is 24.5 Å². The molecule has 7 aromatic rings. The van der Waals surface area contributed by atoms with Crippen LogP contribution < -0.4 is 0 Å². The van der Waals surface area contributed by atoms with Gasteiger partial charge in [0, 0.05) is 34.4 Å². The van der Waals surface area contributed by atoms with E-state index in [1.807, 2.05) is 0 Å². The van der Waals surface area contributed by atoms with Gasteiger partial charge in [0.1, 0.15) is 17.5 Å². The molecule has 0 bridgehead atoms. The van der Waals surface area contributed by atoms with E-state index in [1.54, 1.807) is 12.4 Å². The lowest BCUT2D eigenvalue weighted by molar-refractivity contribution is 1.15. The molecule has 164 valence electrons. The Bertz CT molecular complexity index is 1780. The van der Waals surface area contributed by atoms with Gasteiger partial charge in [-0.1, -0.05) is 72.8 Å². The van der Waals surface area contributed by atoms with Gasteiger partial charge in [-0.2, -0.15) is 0 Å². The van der Waals surface area contributed by atoms with Crippen molar-refractivity contribution in [2.24, 2.45) is 0 Å². The first-order chi connectivity index (χ1) is 17.4. The Morgan fingerprint density at radius 2 is 1.06 bits per heavy atom. The van der Waals surface area contributed by atoms with Crippen LogP contribution >= 0.6 is 0 Å². The van der Waals surface area contributed by atoms with Gasteiger partial charge >= 0.3 is 0 Å². The number of aromatic nitrogens is 5. The van der Waals surface area contributed by atoms with E-state index in [0.717, 1.165) is 28.1 Å². The number of para-hydroxylation sites is 2. The first-order valence-electron chi connectivity index (χ1n) is 11.5. The van der Waals surface area contributed by atoms with Gasteiger partial charge in [-0.3, -0.25) is 0 Å². The first kappa shape index (κ1) is 19.6. The molecule has 0 aliphatic rings. The lowest BCUT2D eigenvalue weighted by atomic mass is 10.0. The zero-order chi connectivity index (χ0) is 23.2. The van der Waals surface area contributed by atoms with E-state index in [4.69, 9.17) is 0 Å². The Labute approximate surface area is 201 Å². The molecule has 0 aliphatic carbocycles. The molecule has 0 atom stereocenters. The standard InChI is InChI=1S/C30H19N5/c1-3-7-26-24(5-1)25-6-2-4-8-27(25)35(26)23-15-13-21(14-16-23)20-9-11-22(12-10-20)28-29-30(34-19-33-28)32-18-17-31-29/h1-19H. The minimum absolute atomic E-state index is 0.599. The number of hydrogen-bond donors (Lipinski definition) is 0. The van der Waals surface area contributed by atoms with Gasteiger partial charge in [-0.05, 0) is 35.4 Å². The molecule has 5 heteroatoms. The van der Waals surface area contributed by atoms with E-state index >= 15 is 0 Å². The second kappa shape index (κ2) is 7.85. The molecule has 0 N–H and O–H groups in total. The van der Waals surface area contributed by atoms with Crippen LogP contribution in [0, 0.1) is 0 Å². The van der Waals surface area contributed by atoms with Gasteiger partial charge in [0.15, 0.2) is 5.65 Å². The molecule has 7 rings (SSSR count). The fourth-order valence-corrected chi connectivity index (χ4v) is 4.83. The molecule has 5 nitrogen and oxygen atoms in total. The maximum atomic E-state index is 4.45. The third-order valence-electron chi connectivity index (χ3n) is 6.47. The van der Waals surface area contributed by atoms with Crippen molar-refractivity contribution in [3.63, 3.8) is 0 Å². The SMILES string of the molecule is c1ccc2c(c1)c1ccccc1n2-c1ccc(-c2ccc(-c3ncnc4nccnc34)cc2)cc1. The molecule has 0 unspecified atom stereocenters. The van der Waals surface area contributed by atoms with Crippen molar-refractivity contribution in [3.05, 3.63) is 116 Å². The lowest BCUT2D eigenvalue weighted by Gasteiger charge is -2.10. The maximum absolute atomic E-state index is 4.45. The quantitative estimate of drug-likeness (QED) is 0.296. The fraction of sp³-hybridized carbons (Fsp3) is 0. The second-order valence-corrected chi connectivity index (χ2v) is 8.44. The molecule has 3 aromatic heterocycles. The summed E-state index contributed by atoms with van der Waals surface area (Å²) in [6.07, 6.45) is 4.85. The molecule has 0 saturated heterocycles. The summed E-state index contributed by atoms with van der Waals surface area (Å²) >= 11 is 0. The van der Waals surface area contributed by atoms with Crippen LogP contribution in [0.25, 0.3) is 61.0 Å². The van der Waals surface area contributed by atoms with E-state index < -0.39 is 0 Å². The van der Waals surface area contributed by atoms with E-state index in [2.05, 4.69) is 122 Å². The van der Waals surface area contributed by atoms with Gasteiger partial charge in [0.25, 0.3) is 0 Å². The minimum Gasteiger partial charge on any atom is -0.309 e. The summed E-state index contributed by atoms with van der Waals surface area (Å²) in [6, 6.07) is 34.3. The predicted molar refractivity (Wildman–Crippen MR) is 140 cm³/mol. The normalized spacial score (nSPS) is 11.4. The molecular formula is C30H19N5. The highest BCUT2D eigenvalue weighted by Crippen LogP contribution is 2.33. The average molecular weight is 450 g/mol. The van der Waals surface area contributed by atoms with Crippen molar-refractivity contribution in [3.8, 4) is 28.1 Å². The Hall–Kier alpha value is -4.90. The molecule has 0 amide bonds. The summed E-state index contributed by atoms with van der Waals surface area (Å²) in [7, 11) is 0. The van der Waals surface area contributed by atoms with Crippen LogP contribution in [0.5, 0.6) is 0 Å². The molecule has 0 fully saturated rings. The number of benzene rings is 4. The number of nitrogens with zero attached hydrogens (tertiary/aromatic N) is 5. The molecule has 4 aromatic carbocycles. The van der Waals surface area contributed by atoms with Gasteiger partial charge in [-0.25, -0.2) is 19.9 Å². The molecule has 3 heterocycles. The first-order valence-corrected chi connectivity index (χ1v) is 11.5. The molecule has 35 heavy (non-hydrogen) atoms. The molecular weight excluding hydrogens is 430 g/mol. The highest BCUT2D eigenvalue weighted by molar-refractivity contribution is 6.09. The van der Waals surface area contributed by atoms with Crippen molar-refractivity contribution in [2.45, 2.75) is 0 Å². The Morgan fingerprint density at radius 1 is 0.486 bits per heavy atom. The van der Waals surface area contributed by atoms with Crippen molar-refractivity contribution in [1.29, 1.82) is 0 Å². The van der Waals surface area contributed by atoms with Crippen molar-refractivity contribution in [2.75, 3.05) is 0 Å². The topological polar surface area (TPSA) is 56.5 Å². The minimum atomic E-state index is 0.599. The van der Waals surface area contributed by atoms with Crippen LogP contribution in [0.15, 0.2) is 116 Å². The van der Waals surface area contributed by atoms with Crippen LogP contribution in [0.3, 0.4) is 0 Å². The van der Waals surface area contributed by atoms with Gasteiger partial charge in [-0.15, -0.1) is 0 Å². The van der Waals surface area contributed by atoms with Crippen LogP contribution in [0.1, 0.15) is 0 Å². The number of rotatable bonds is 3. The zero-order valence-corrected chi connectivity index (χ0v) is 18.7. The van der Waals surface area contributed by atoms with Crippen molar-refractivity contribution >= 4 is 33.0 Å². The van der Waals surface area contributed by atoms with Crippen LogP contribution in [0.2, 0.25) is 0 Å². The van der Waals surface area contributed by atoms with E-state index in [0.29, 0.717) is 11.2 Å². The summed E-state index contributed by atoms with van der Waals surface area (Å²) in [6.45, 7) is 0. The summed E-state index contributed by atoms with van der Waals surface area (Å²) in [4.78, 5) is 17.4. The zero-order valence-electron chi connectivity index (χ0n) is 18.7. The maximum Gasteiger partial charge on any atom is 0.181 e. The lowest BCUT2D eigenvalue weighted by Crippen LogP contribution is -1.94. The van der Waals surface area contributed by atoms with Gasteiger partial charge < -0.3 is 4.57 Å². The summed E-state index contributed by atoms with van der Waals surface area (Å²) in [5.41, 5.74) is 8.96. The summed E-state index contributed by atoms with van der Waals surface area (Å²) < 4.78 is 2.33. The Balaban J connectivity index is 1.27. The Morgan fingerprint density at radius 3 is 1.74 bits per heavy atom. The van der Waals surface area contributed by atoms with Gasteiger partial charge in [0.05, 0.1) is 11.0 Å². The largest absolute Gasteiger partial charge is 0.309 e. The van der Waals surface area contributed by atoms with Crippen molar-refractivity contribution in [1.82, 2.24) is 24.5 Å². The molecule has 0 radical (unpaired) electrons. The third-order valence-corrected chi connectivity index (χ3v) is 6.47. The molecule has 0 saturated carbocycles. The smallest absolute Gasteiger partial charge is 0.181 e. The molecule has 0 spiro atoms. The number of fused-ring (bicyclic) bond motifs is 4. The highest BCUT2D eigenvalue weighted by Gasteiger charge is 2.12. The van der Waals surface area contributed by atoms with Crippen LogP contribution in [-0.2, 0) is 0 Å². The second-order valence-electron chi connectivity index (χ2n) is 8.44. The average Bonchev–Trinajstić information content (AvgIpc) is 3.27. The summed E-state index contributed by atoms with van der Waals surface area (Å²) in [5, 5.41) is 2.54. The number of hydrogen-bond acceptors (Lipinski definition) is 4. The Kier molecular flexibility index (Phi) is 4.39. The van der Waals surface area contributed by atoms with Crippen LogP contribution in [0.4, 0.5) is 0 Å². The van der Waals surface area contributed by atoms with E-state index in [9.17, 15) is 0 Å². The van der Waals surface area contributed by atoms with Gasteiger partial charge in [0.2, 0.25) is 0 Å². The highest BCUT2D eigenvalue weighted by atomic mass is 15.0. The summed E-state index contributed by atoms with van der Waals surface area (Å²) in [5.74, 6) is 0. The van der Waals surface area contributed by atoms with Crippen molar-refractivity contribution < 1.29 is 0 Å². The molecule has 0 aliphatic heterocycles. The fourth-order valence-electron chi connectivity index (χ4n) is 4.83. The monoisotopic (exact) mass is 449 g/mol. The van der Waals surface area contributed by atoms with E-state index in [-0.39, 0.29) is 0 Å². The van der Waals surface area contributed by atoms with E-state index in [1.165, 1.54) is 28.1 Å². The third kappa shape index (κ3) is 3.17. The predicted octanol–water partition coefficient (Wildman–Crippen LogP) is 6.85.